The van der Waals surface area contributed by atoms with Gasteiger partial charge >= 0.3 is 0 Å². The molecule has 0 atom stereocenters. The summed E-state index contributed by atoms with van der Waals surface area (Å²) in [6, 6.07) is 8.42. The van der Waals surface area contributed by atoms with Gasteiger partial charge in [-0.25, -0.2) is 4.98 Å². The summed E-state index contributed by atoms with van der Waals surface area (Å²) in [5, 5.41) is 8.95. The van der Waals surface area contributed by atoms with E-state index >= 15 is 0 Å². The number of halogens is 2. The monoisotopic (exact) mass is 413 g/mol. The second-order valence-electron chi connectivity index (χ2n) is 6.31. The van der Waals surface area contributed by atoms with Gasteiger partial charge in [0.1, 0.15) is 10.7 Å². The predicted molar refractivity (Wildman–Crippen MR) is 114 cm³/mol. The zero-order valence-corrected chi connectivity index (χ0v) is 17.4. The largest absolute Gasteiger partial charge is 0.347 e. The standard InChI is InChI=1S/C19H23N3OS.2ClH/c1-13(2)15-3-5-16(6-4-15)19-22-17(12-24-19)18(23)21-11-14-7-9-20-10-8-14;;/h3-7,12-13,20H,8-11H2,1-2H3,(H,21,23);2*1H. The van der Waals surface area contributed by atoms with Crippen LogP contribution in [0.1, 0.15) is 42.2 Å². The van der Waals surface area contributed by atoms with E-state index in [9.17, 15) is 4.79 Å². The molecule has 1 amide bonds. The second kappa shape index (κ2) is 10.7. The fourth-order valence-corrected chi connectivity index (χ4v) is 3.44. The number of hydrogen-bond acceptors (Lipinski definition) is 4. The Morgan fingerprint density at radius 1 is 1.27 bits per heavy atom. The number of nitrogens with zero attached hydrogens (tertiary/aromatic N) is 1. The van der Waals surface area contributed by atoms with E-state index in [1.807, 2.05) is 5.38 Å². The smallest absolute Gasteiger partial charge is 0.271 e. The lowest BCUT2D eigenvalue weighted by atomic mass is 10.0. The number of rotatable bonds is 5. The number of thiazole rings is 1. The number of aromatic nitrogens is 1. The third kappa shape index (κ3) is 5.81. The highest BCUT2D eigenvalue weighted by molar-refractivity contribution is 7.13. The molecule has 4 nitrogen and oxygen atoms in total. The van der Waals surface area contributed by atoms with E-state index in [1.165, 1.54) is 22.5 Å². The first-order valence-corrected chi connectivity index (χ1v) is 9.24. The van der Waals surface area contributed by atoms with Crippen LogP contribution in [0, 0.1) is 0 Å². The molecule has 0 spiro atoms. The SMILES string of the molecule is CC(C)c1ccc(-c2nc(C(=O)NCC3=CCNCC3)cs2)cc1.Cl.Cl. The van der Waals surface area contributed by atoms with Crippen molar-refractivity contribution < 1.29 is 4.79 Å². The minimum atomic E-state index is -0.101. The average molecular weight is 414 g/mol. The van der Waals surface area contributed by atoms with E-state index in [1.54, 1.807) is 0 Å². The van der Waals surface area contributed by atoms with E-state index < -0.39 is 0 Å². The summed E-state index contributed by atoms with van der Waals surface area (Å²) in [5.74, 6) is 0.414. The number of carbonyl (C=O) groups excluding carboxylic acids is 1. The van der Waals surface area contributed by atoms with Crippen molar-refractivity contribution in [1.29, 1.82) is 0 Å². The number of nitrogens with one attached hydrogen (secondary N) is 2. The highest BCUT2D eigenvalue weighted by atomic mass is 35.5. The lowest BCUT2D eigenvalue weighted by Crippen LogP contribution is -2.29. The normalized spacial score (nSPS) is 13.4. The number of benzene rings is 1. The van der Waals surface area contributed by atoms with Gasteiger partial charge in [-0.15, -0.1) is 36.2 Å². The van der Waals surface area contributed by atoms with Gasteiger partial charge in [0.05, 0.1) is 0 Å². The molecule has 0 saturated heterocycles. The molecule has 0 fully saturated rings. The molecule has 7 heteroatoms. The van der Waals surface area contributed by atoms with Crippen LogP contribution in [-0.4, -0.2) is 30.5 Å². The van der Waals surface area contributed by atoms with Gasteiger partial charge in [0.15, 0.2) is 0 Å². The lowest BCUT2D eigenvalue weighted by Gasteiger charge is -2.14. The molecule has 1 aromatic carbocycles. The Morgan fingerprint density at radius 3 is 2.62 bits per heavy atom. The minimum Gasteiger partial charge on any atom is -0.347 e. The quantitative estimate of drug-likeness (QED) is 0.712. The molecule has 0 bridgehead atoms. The average Bonchev–Trinajstić information content (AvgIpc) is 3.11. The molecule has 1 aromatic heterocycles. The van der Waals surface area contributed by atoms with Gasteiger partial charge < -0.3 is 10.6 Å². The molecule has 2 N–H and O–H groups in total. The highest BCUT2D eigenvalue weighted by Crippen LogP contribution is 2.25. The fourth-order valence-electron chi connectivity index (χ4n) is 2.64. The van der Waals surface area contributed by atoms with Crippen molar-refractivity contribution in [3.05, 3.63) is 52.6 Å². The van der Waals surface area contributed by atoms with Gasteiger partial charge in [0, 0.05) is 24.0 Å². The van der Waals surface area contributed by atoms with Crippen LogP contribution in [0.3, 0.4) is 0 Å². The van der Waals surface area contributed by atoms with Gasteiger partial charge in [-0.1, -0.05) is 49.8 Å². The summed E-state index contributed by atoms with van der Waals surface area (Å²) < 4.78 is 0. The van der Waals surface area contributed by atoms with Crippen LogP contribution in [0.4, 0.5) is 0 Å². The van der Waals surface area contributed by atoms with Crippen molar-refractivity contribution >= 4 is 42.1 Å². The Kier molecular flexibility index (Phi) is 9.30. The number of carbonyl (C=O) groups is 1. The van der Waals surface area contributed by atoms with Gasteiger partial charge in [0.25, 0.3) is 5.91 Å². The van der Waals surface area contributed by atoms with E-state index in [0.29, 0.717) is 18.2 Å². The molecule has 26 heavy (non-hydrogen) atoms. The molecule has 0 aliphatic carbocycles. The van der Waals surface area contributed by atoms with Crippen LogP contribution in [0.25, 0.3) is 10.6 Å². The first kappa shape index (κ1) is 22.6. The number of amides is 1. The maximum absolute atomic E-state index is 12.3. The first-order valence-electron chi connectivity index (χ1n) is 8.36. The van der Waals surface area contributed by atoms with Crippen molar-refractivity contribution in [2.75, 3.05) is 19.6 Å². The molecule has 142 valence electrons. The molecule has 1 aliphatic heterocycles. The van der Waals surface area contributed by atoms with E-state index in [-0.39, 0.29) is 30.7 Å². The molecule has 2 aromatic rings. The van der Waals surface area contributed by atoms with Crippen LogP contribution >= 0.6 is 36.2 Å². The zero-order valence-electron chi connectivity index (χ0n) is 15.0. The Hall–Kier alpha value is -1.40. The van der Waals surface area contributed by atoms with Gasteiger partial charge in [0.2, 0.25) is 0 Å². The van der Waals surface area contributed by atoms with E-state index in [2.05, 4.69) is 59.8 Å². The maximum atomic E-state index is 12.3. The Bertz CT molecular complexity index is 741. The number of hydrogen-bond donors (Lipinski definition) is 2. The van der Waals surface area contributed by atoms with Crippen LogP contribution in [-0.2, 0) is 0 Å². The van der Waals surface area contributed by atoms with E-state index in [0.717, 1.165) is 30.1 Å². The molecule has 3 rings (SSSR count). The predicted octanol–water partition coefficient (Wildman–Crippen LogP) is 4.43. The van der Waals surface area contributed by atoms with Crippen LogP contribution in [0.15, 0.2) is 41.3 Å². The van der Waals surface area contributed by atoms with Crippen molar-refractivity contribution in [2.24, 2.45) is 0 Å². The van der Waals surface area contributed by atoms with Crippen molar-refractivity contribution in [3.63, 3.8) is 0 Å². The molecule has 2 heterocycles. The summed E-state index contributed by atoms with van der Waals surface area (Å²) in [4.78, 5) is 16.8. The summed E-state index contributed by atoms with van der Waals surface area (Å²) >= 11 is 1.51. The van der Waals surface area contributed by atoms with E-state index in [4.69, 9.17) is 0 Å². The third-order valence-electron chi connectivity index (χ3n) is 4.20. The van der Waals surface area contributed by atoms with Gasteiger partial charge in [-0.2, -0.15) is 0 Å². The Labute approximate surface area is 171 Å². The third-order valence-corrected chi connectivity index (χ3v) is 5.09. The van der Waals surface area contributed by atoms with Crippen LogP contribution in [0.2, 0.25) is 0 Å². The van der Waals surface area contributed by atoms with Crippen molar-refractivity contribution in [2.45, 2.75) is 26.2 Å². The second-order valence-corrected chi connectivity index (χ2v) is 7.17. The lowest BCUT2D eigenvalue weighted by molar-refractivity contribution is 0.0952. The van der Waals surface area contributed by atoms with Crippen LogP contribution < -0.4 is 10.6 Å². The summed E-state index contributed by atoms with van der Waals surface area (Å²) in [7, 11) is 0. The fraction of sp³-hybridized carbons (Fsp3) is 0.368. The molecule has 1 aliphatic rings. The molecular weight excluding hydrogens is 389 g/mol. The molecule has 0 unspecified atom stereocenters. The summed E-state index contributed by atoms with van der Waals surface area (Å²) in [6.45, 7) is 6.83. The molecule has 0 saturated carbocycles. The summed E-state index contributed by atoms with van der Waals surface area (Å²) in [5.41, 5.74) is 4.15. The first-order chi connectivity index (χ1) is 11.6. The maximum Gasteiger partial charge on any atom is 0.271 e. The Balaban J connectivity index is 0.00000169. The minimum absolute atomic E-state index is 0. The highest BCUT2D eigenvalue weighted by Gasteiger charge is 2.13. The van der Waals surface area contributed by atoms with Crippen LogP contribution in [0.5, 0.6) is 0 Å². The van der Waals surface area contributed by atoms with Gasteiger partial charge in [-0.3, -0.25) is 4.79 Å². The van der Waals surface area contributed by atoms with Crippen molar-refractivity contribution in [1.82, 2.24) is 15.6 Å². The topological polar surface area (TPSA) is 54.0 Å². The van der Waals surface area contributed by atoms with Crippen molar-refractivity contribution in [3.8, 4) is 10.6 Å². The molecular formula is C19H25Cl2N3OS. The summed E-state index contributed by atoms with van der Waals surface area (Å²) in [6.07, 6.45) is 3.14. The Morgan fingerprint density at radius 2 is 2.00 bits per heavy atom. The zero-order chi connectivity index (χ0) is 16.9. The molecule has 0 radical (unpaired) electrons. The van der Waals surface area contributed by atoms with Gasteiger partial charge in [-0.05, 0) is 24.4 Å².